The molecule has 1 aliphatic carbocycles. The smallest absolute Gasteiger partial charge is 0.303 e. The third kappa shape index (κ3) is 8.62. The van der Waals surface area contributed by atoms with Crippen molar-refractivity contribution in [1.82, 2.24) is 0 Å². The molecule has 0 aliphatic heterocycles. The highest BCUT2D eigenvalue weighted by Gasteiger charge is 2.47. The number of hydrogen-bond donors (Lipinski definition) is 2. The first-order valence-electron chi connectivity index (χ1n) is 14.3. The molecule has 0 radical (unpaired) electrons. The van der Waals surface area contributed by atoms with Crippen LogP contribution in [0.1, 0.15) is 67.5 Å². The van der Waals surface area contributed by atoms with Gasteiger partial charge in [0.1, 0.15) is 11.9 Å². The molecule has 2 N–H and O–H groups in total. The van der Waals surface area contributed by atoms with Gasteiger partial charge in [-0.3, -0.25) is 14.4 Å². The van der Waals surface area contributed by atoms with Crippen LogP contribution in [0.15, 0.2) is 95.9 Å². The maximum absolute atomic E-state index is 13.9. The molecule has 4 rings (SSSR count). The fourth-order valence-corrected chi connectivity index (χ4v) is 6.96. The van der Waals surface area contributed by atoms with E-state index in [0.29, 0.717) is 30.4 Å². The highest BCUT2D eigenvalue weighted by Crippen LogP contribution is 2.44. The lowest BCUT2D eigenvalue weighted by atomic mass is 9.72. The van der Waals surface area contributed by atoms with Gasteiger partial charge in [0.15, 0.2) is 5.78 Å². The molecule has 0 unspecified atom stereocenters. The van der Waals surface area contributed by atoms with Crippen molar-refractivity contribution in [2.24, 2.45) is 11.8 Å². The number of carbonyl (C=O) groups excluding carboxylic acids is 2. The summed E-state index contributed by atoms with van der Waals surface area (Å²) in [6.07, 6.45) is 0.543. The summed E-state index contributed by atoms with van der Waals surface area (Å²) in [5, 5.41) is 19.3. The Morgan fingerprint density at radius 3 is 2.15 bits per heavy atom. The zero-order chi connectivity index (χ0) is 29.2. The van der Waals surface area contributed by atoms with Gasteiger partial charge in [0.05, 0.1) is 18.6 Å². The second kappa shape index (κ2) is 15.1. The van der Waals surface area contributed by atoms with Crippen molar-refractivity contribution in [2.75, 3.05) is 0 Å². The minimum atomic E-state index is -0.999. The molecule has 6 atom stereocenters. The number of rotatable bonds is 14. The molecule has 216 valence electrons. The molecule has 1 aliphatic rings. The van der Waals surface area contributed by atoms with Gasteiger partial charge in [-0.2, -0.15) is 0 Å². The number of benzene rings is 3. The second-order valence-electron chi connectivity index (χ2n) is 10.8. The summed E-state index contributed by atoms with van der Waals surface area (Å²) < 4.78 is 6.79. The quantitative estimate of drug-likeness (QED) is 0.162. The Balaban J connectivity index is 1.71. The molecule has 1 fully saturated rings. The van der Waals surface area contributed by atoms with E-state index in [2.05, 4.69) is 0 Å². The Hall–Kier alpha value is -3.26. The number of carboxylic acids is 1. The van der Waals surface area contributed by atoms with E-state index in [1.165, 1.54) is 11.8 Å². The molecule has 0 heterocycles. The minimum absolute atomic E-state index is 0.0345. The number of hydrogen-bond acceptors (Lipinski definition) is 6. The van der Waals surface area contributed by atoms with Crippen LogP contribution in [0.3, 0.4) is 0 Å². The van der Waals surface area contributed by atoms with E-state index in [1.54, 1.807) is 31.2 Å². The minimum Gasteiger partial charge on any atom is -0.481 e. The molecule has 3 aromatic carbocycles. The molecule has 3 aromatic rings. The Morgan fingerprint density at radius 1 is 0.927 bits per heavy atom. The van der Waals surface area contributed by atoms with E-state index < -0.39 is 36.1 Å². The van der Waals surface area contributed by atoms with Crippen LogP contribution in [-0.2, 0) is 14.3 Å². The average Bonchev–Trinajstić information content (AvgIpc) is 2.97. The fraction of sp³-hybridized carbons (Fsp3) is 0.382. The van der Waals surface area contributed by atoms with E-state index in [9.17, 15) is 24.6 Å². The lowest BCUT2D eigenvalue weighted by molar-refractivity contribution is -0.146. The summed E-state index contributed by atoms with van der Waals surface area (Å²) in [4.78, 5) is 40.6. The van der Waals surface area contributed by atoms with Crippen molar-refractivity contribution in [3.8, 4) is 0 Å². The molecular weight excluding hydrogens is 536 g/mol. The number of ketones is 2. The maximum Gasteiger partial charge on any atom is 0.303 e. The Labute approximate surface area is 246 Å². The summed E-state index contributed by atoms with van der Waals surface area (Å²) in [5.41, 5.74) is 1.19. The summed E-state index contributed by atoms with van der Waals surface area (Å²) in [6, 6.07) is 27.9. The van der Waals surface area contributed by atoms with Crippen molar-refractivity contribution in [1.29, 1.82) is 0 Å². The van der Waals surface area contributed by atoms with Crippen molar-refractivity contribution < 1.29 is 29.3 Å². The number of unbranched alkanes of at least 4 members (excludes halogenated alkanes) is 1. The van der Waals surface area contributed by atoms with E-state index in [0.717, 1.165) is 11.3 Å². The summed E-state index contributed by atoms with van der Waals surface area (Å²) >= 11 is 1.50. The Bertz CT molecular complexity index is 1260. The molecule has 7 heteroatoms. The molecule has 0 aromatic heterocycles. The van der Waals surface area contributed by atoms with Gasteiger partial charge < -0.3 is 14.9 Å². The molecule has 0 bridgehead atoms. The van der Waals surface area contributed by atoms with Crippen LogP contribution in [0.4, 0.5) is 0 Å². The highest BCUT2D eigenvalue weighted by molar-refractivity contribution is 8.00. The first-order chi connectivity index (χ1) is 19.8. The van der Waals surface area contributed by atoms with Crippen molar-refractivity contribution >= 4 is 29.3 Å². The zero-order valence-electron chi connectivity index (χ0n) is 23.3. The van der Waals surface area contributed by atoms with Crippen LogP contribution in [0, 0.1) is 11.8 Å². The number of Topliss-reactive ketones (excluding diaryl/α,β-unsaturated/α-hetero) is 2. The number of aliphatic hydroxyl groups excluding tert-OH is 1. The first kappa shape index (κ1) is 30.7. The van der Waals surface area contributed by atoms with Crippen LogP contribution in [0.2, 0.25) is 0 Å². The Morgan fingerprint density at radius 2 is 1.54 bits per heavy atom. The zero-order valence-corrected chi connectivity index (χ0v) is 24.1. The van der Waals surface area contributed by atoms with Crippen molar-refractivity contribution in [3.63, 3.8) is 0 Å². The van der Waals surface area contributed by atoms with E-state index in [-0.39, 0.29) is 29.7 Å². The van der Waals surface area contributed by atoms with Crippen molar-refractivity contribution in [2.45, 2.75) is 73.9 Å². The third-order valence-corrected chi connectivity index (χ3v) is 8.92. The van der Waals surface area contributed by atoms with Gasteiger partial charge in [0.2, 0.25) is 0 Å². The largest absolute Gasteiger partial charge is 0.481 e. The normalized spacial score (nSPS) is 22.1. The predicted octanol–water partition coefficient (Wildman–Crippen LogP) is 6.78. The topological polar surface area (TPSA) is 101 Å². The van der Waals surface area contributed by atoms with Gasteiger partial charge in [-0.15, -0.1) is 11.8 Å². The van der Waals surface area contributed by atoms with Crippen LogP contribution in [0.5, 0.6) is 0 Å². The maximum atomic E-state index is 13.9. The number of carboxylic acid groups (broad SMARTS) is 1. The standard InChI is InChI=1S/C34H38O6S/c1-23(35)13-11-12-20-27-28(21-31(37)38)34(30(22-29(27)36)41-26-18-9-4-10-19-26)40-33(25-16-7-3-8-17-25)32(39)24-14-5-2-6-15-24/h2-10,14-19,23,27-28,30,33-35H,11-13,20-22H2,1H3,(H,37,38)/t23-,27+,28+,30+,33+,34+/m0/s1. The Kier molecular flexibility index (Phi) is 11.3. The SMILES string of the molecule is C[C@H](O)CCCC[C@H]1C(=O)C[C@@H](Sc2ccccc2)[C@H](O[C@@H](C(=O)c2ccccc2)c2ccccc2)[C@@H]1CC(=O)O. The fourth-order valence-electron chi connectivity index (χ4n) is 5.65. The predicted molar refractivity (Wildman–Crippen MR) is 160 cm³/mol. The van der Waals surface area contributed by atoms with Crippen molar-refractivity contribution in [3.05, 3.63) is 102 Å². The van der Waals surface area contributed by atoms with Crippen LogP contribution < -0.4 is 0 Å². The lowest BCUT2D eigenvalue weighted by Gasteiger charge is -2.42. The molecule has 0 amide bonds. The van der Waals surface area contributed by atoms with Crippen LogP contribution in [0.25, 0.3) is 0 Å². The molecule has 1 saturated carbocycles. The molecule has 41 heavy (non-hydrogen) atoms. The first-order valence-corrected chi connectivity index (χ1v) is 15.2. The number of aliphatic carboxylic acids is 1. The second-order valence-corrected chi connectivity index (χ2v) is 12.1. The number of carbonyl (C=O) groups is 3. The summed E-state index contributed by atoms with van der Waals surface area (Å²) in [6.45, 7) is 1.74. The summed E-state index contributed by atoms with van der Waals surface area (Å²) in [5.74, 6) is -2.27. The molecular formula is C34H38O6S. The molecule has 0 saturated heterocycles. The third-order valence-electron chi connectivity index (χ3n) is 7.64. The average molecular weight is 575 g/mol. The van der Waals surface area contributed by atoms with Gasteiger partial charge in [0, 0.05) is 34.0 Å². The van der Waals surface area contributed by atoms with E-state index >= 15 is 0 Å². The lowest BCUT2D eigenvalue weighted by Crippen LogP contribution is -2.49. The summed E-state index contributed by atoms with van der Waals surface area (Å²) in [7, 11) is 0. The van der Waals surface area contributed by atoms with Gasteiger partial charge >= 0.3 is 5.97 Å². The van der Waals surface area contributed by atoms with Gasteiger partial charge in [-0.25, -0.2) is 0 Å². The highest BCUT2D eigenvalue weighted by atomic mass is 32.2. The number of ether oxygens (including phenoxy) is 1. The van der Waals surface area contributed by atoms with Crippen LogP contribution >= 0.6 is 11.8 Å². The van der Waals surface area contributed by atoms with Crippen LogP contribution in [-0.4, -0.2) is 45.2 Å². The number of thioether (sulfide) groups is 1. The van der Waals surface area contributed by atoms with E-state index in [1.807, 2.05) is 66.7 Å². The monoisotopic (exact) mass is 574 g/mol. The number of aliphatic hydroxyl groups is 1. The van der Waals surface area contributed by atoms with E-state index in [4.69, 9.17) is 4.74 Å². The molecule has 6 nitrogen and oxygen atoms in total. The molecule has 0 spiro atoms. The van der Waals surface area contributed by atoms with Gasteiger partial charge in [-0.1, -0.05) is 91.7 Å². The van der Waals surface area contributed by atoms with Gasteiger partial charge in [0.25, 0.3) is 0 Å². The van der Waals surface area contributed by atoms with Gasteiger partial charge in [-0.05, 0) is 37.5 Å².